The van der Waals surface area contributed by atoms with Gasteiger partial charge >= 0.3 is 0 Å². The summed E-state index contributed by atoms with van der Waals surface area (Å²) in [4.78, 5) is 7.13. The highest BCUT2D eigenvalue weighted by atomic mass is 32.2. The molecule has 0 fully saturated rings. The summed E-state index contributed by atoms with van der Waals surface area (Å²) in [5.74, 6) is 0.00992. The number of nitrogens with zero attached hydrogens (tertiary/aromatic N) is 4. The van der Waals surface area contributed by atoms with E-state index in [1.54, 1.807) is 6.92 Å². The van der Waals surface area contributed by atoms with Crippen molar-refractivity contribution in [3.8, 4) is 0 Å². The molecule has 0 aliphatic rings. The third-order valence-electron chi connectivity index (χ3n) is 1.71. The van der Waals surface area contributed by atoms with Gasteiger partial charge in [0.15, 0.2) is 0 Å². The molecule has 90 valence electrons. The van der Waals surface area contributed by atoms with Crippen LogP contribution in [-0.2, 0) is 10.0 Å². The molecule has 2 aromatic heterocycles. The highest BCUT2D eigenvalue weighted by molar-refractivity contribution is 7.93. The van der Waals surface area contributed by atoms with Crippen LogP contribution >= 0.6 is 11.3 Å². The van der Waals surface area contributed by atoms with Crippen LogP contribution < -0.4 is 10.5 Å². The van der Waals surface area contributed by atoms with Crippen LogP contribution in [0.4, 0.5) is 11.1 Å². The van der Waals surface area contributed by atoms with Gasteiger partial charge in [-0.25, -0.2) is 18.4 Å². The lowest BCUT2D eigenvalue weighted by atomic mass is 10.7. The van der Waals surface area contributed by atoms with E-state index in [1.165, 1.54) is 0 Å². The molecule has 0 bridgehead atoms. The molecule has 0 amide bonds. The molecule has 0 aliphatic carbocycles. The summed E-state index contributed by atoms with van der Waals surface area (Å²) >= 11 is 1.13. The van der Waals surface area contributed by atoms with Crippen molar-refractivity contribution in [3.05, 3.63) is 17.4 Å². The largest absolute Gasteiger partial charge is 0.368 e. The van der Waals surface area contributed by atoms with Crippen LogP contribution in [0.3, 0.4) is 0 Å². The Balaban J connectivity index is 2.28. The van der Waals surface area contributed by atoms with E-state index in [9.17, 15) is 8.42 Å². The van der Waals surface area contributed by atoms with Gasteiger partial charge in [-0.3, -0.25) is 4.72 Å². The van der Waals surface area contributed by atoms with E-state index in [4.69, 9.17) is 5.73 Å². The topological polar surface area (TPSA) is 124 Å². The van der Waals surface area contributed by atoms with Crippen molar-refractivity contribution in [1.82, 2.24) is 20.2 Å². The van der Waals surface area contributed by atoms with Crippen molar-refractivity contribution in [1.29, 1.82) is 0 Å². The van der Waals surface area contributed by atoms with Gasteiger partial charge in [-0.2, -0.15) is 0 Å². The van der Waals surface area contributed by atoms with Crippen molar-refractivity contribution < 1.29 is 8.42 Å². The first-order valence-corrected chi connectivity index (χ1v) is 6.68. The van der Waals surface area contributed by atoms with Crippen LogP contribution in [0.2, 0.25) is 0 Å². The zero-order valence-electron chi connectivity index (χ0n) is 8.65. The smallest absolute Gasteiger partial charge is 0.266 e. The van der Waals surface area contributed by atoms with Crippen LogP contribution in [0.15, 0.2) is 17.3 Å². The van der Waals surface area contributed by atoms with Crippen molar-refractivity contribution in [2.45, 2.75) is 11.8 Å². The lowest BCUT2D eigenvalue weighted by Gasteiger charge is -2.03. The second-order valence-electron chi connectivity index (χ2n) is 3.01. The Kier molecular flexibility index (Phi) is 2.90. The molecule has 0 spiro atoms. The number of hydrogen-bond donors (Lipinski definition) is 2. The molecule has 0 unspecified atom stereocenters. The highest BCUT2D eigenvalue weighted by Crippen LogP contribution is 2.18. The van der Waals surface area contributed by atoms with E-state index in [2.05, 4.69) is 24.9 Å². The molecule has 0 aliphatic heterocycles. The van der Waals surface area contributed by atoms with Crippen LogP contribution in [0.25, 0.3) is 0 Å². The van der Waals surface area contributed by atoms with Crippen molar-refractivity contribution in [3.63, 3.8) is 0 Å². The Morgan fingerprint density at radius 2 is 1.94 bits per heavy atom. The van der Waals surface area contributed by atoms with Gasteiger partial charge in [0, 0.05) is 0 Å². The molecule has 0 aromatic carbocycles. The Morgan fingerprint density at radius 3 is 2.47 bits per heavy atom. The predicted molar refractivity (Wildman–Crippen MR) is 61.9 cm³/mol. The first-order valence-electron chi connectivity index (χ1n) is 4.38. The lowest BCUT2D eigenvalue weighted by molar-refractivity contribution is 0.600. The van der Waals surface area contributed by atoms with Gasteiger partial charge in [-0.05, 0) is 6.92 Å². The molecule has 2 heterocycles. The molecular formula is C7H8N6O2S2. The number of hydrogen-bond acceptors (Lipinski definition) is 8. The van der Waals surface area contributed by atoms with Gasteiger partial charge in [0.05, 0.1) is 12.4 Å². The van der Waals surface area contributed by atoms with E-state index >= 15 is 0 Å². The number of nitrogens with two attached hydrogens (primary N) is 1. The van der Waals surface area contributed by atoms with E-state index < -0.39 is 10.0 Å². The fraction of sp³-hybridized carbons (Fsp3) is 0.143. The number of anilines is 2. The molecule has 3 N–H and O–H groups in total. The fourth-order valence-corrected chi connectivity index (χ4v) is 2.69. The van der Waals surface area contributed by atoms with Crippen LogP contribution in [0.1, 0.15) is 5.01 Å². The number of aromatic nitrogens is 4. The molecule has 2 aromatic rings. The first kappa shape index (κ1) is 11.7. The van der Waals surface area contributed by atoms with Crippen molar-refractivity contribution in [2.75, 3.05) is 10.5 Å². The standard InChI is InChI=1S/C7H8N6O2S2/c1-4-11-12-7(16-4)13-17(14,15)5-2-9-6(8)10-3-5/h2-3H,1H3,(H,12,13)(H2,8,9,10). The second-order valence-corrected chi connectivity index (χ2v) is 5.87. The number of rotatable bonds is 3. The van der Waals surface area contributed by atoms with Gasteiger partial charge in [-0.1, -0.05) is 11.3 Å². The zero-order valence-corrected chi connectivity index (χ0v) is 10.3. The van der Waals surface area contributed by atoms with Gasteiger partial charge in [0.2, 0.25) is 11.1 Å². The summed E-state index contributed by atoms with van der Waals surface area (Å²) in [6, 6.07) is 0. The van der Waals surface area contributed by atoms with E-state index in [0.29, 0.717) is 5.01 Å². The number of nitrogens with one attached hydrogen (secondary N) is 1. The highest BCUT2D eigenvalue weighted by Gasteiger charge is 2.17. The molecular weight excluding hydrogens is 264 g/mol. The average Bonchev–Trinajstić information content (AvgIpc) is 2.63. The molecule has 0 atom stereocenters. The molecule has 0 saturated carbocycles. The minimum Gasteiger partial charge on any atom is -0.368 e. The third-order valence-corrected chi connectivity index (χ3v) is 3.88. The fourth-order valence-electron chi connectivity index (χ4n) is 0.977. The number of nitrogen functional groups attached to an aromatic ring is 1. The molecule has 0 saturated heterocycles. The van der Waals surface area contributed by atoms with Gasteiger partial charge in [0.1, 0.15) is 9.90 Å². The summed E-state index contributed by atoms with van der Waals surface area (Å²) in [6.07, 6.45) is 2.25. The molecule has 10 heteroatoms. The second kappa shape index (κ2) is 4.22. The maximum Gasteiger partial charge on any atom is 0.266 e. The normalized spacial score (nSPS) is 11.4. The number of aryl methyl sites for hydroxylation is 1. The maximum atomic E-state index is 11.8. The molecule has 8 nitrogen and oxygen atoms in total. The zero-order chi connectivity index (χ0) is 12.5. The van der Waals surface area contributed by atoms with E-state index in [-0.39, 0.29) is 16.0 Å². The maximum absolute atomic E-state index is 11.8. The van der Waals surface area contributed by atoms with E-state index in [0.717, 1.165) is 23.7 Å². The summed E-state index contributed by atoms with van der Waals surface area (Å²) in [5.41, 5.74) is 5.27. The van der Waals surface area contributed by atoms with Crippen molar-refractivity contribution in [2.24, 2.45) is 0 Å². The summed E-state index contributed by atoms with van der Waals surface area (Å²) in [7, 11) is -3.74. The van der Waals surface area contributed by atoms with Crippen LogP contribution in [0, 0.1) is 6.92 Å². The van der Waals surface area contributed by atoms with Gasteiger partial charge in [-0.15, -0.1) is 10.2 Å². The molecule has 0 radical (unpaired) electrons. The summed E-state index contributed by atoms with van der Waals surface area (Å²) in [6.45, 7) is 1.72. The monoisotopic (exact) mass is 272 g/mol. The Morgan fingerprint density at radius 1 is 1.29 bits per heavy atom. The van der Waals surface area contributed by atoms with Crippen molar-refractivity contribution >= 4 is 32.4 Å². The van der Waals surface area contributed by atoms with E-state index in [1.807, 2.05) is 0 Å². The Bertz CT molecular complexity index is 620. The van der Waals surface area contributed by atoms with Gasteiger partial charge < -0.3 is 5.73 Å². The quantitative estimate of drug-likeness (QED) is 0.807. The Hall–Kier alpha value is -1.81. The first-order chi connectivity index (χ1) is 7.97. The average molecular weight is 272 g/mol. The van der Waals surface area contributed by atoms with Gasteiger partial charge in [0.25, 0.3) is 10.0 Å². The molecule has 2 rings (SSSR count). The predicted octanol–water partition coefficient (Wildman–Crippen LogP) is 0.0195. The Labute approximate surface area is 101 Å². The third kappa shape index (κ3) is 2.65. The summed E-state index contributed by atoms with van der Waals surface area (Å²) in [5, 5.41) is 8.21. The number of sulfonamides is 1. The lowest BCUT2D eigenvalue weighted by Crippen LogP contribution is -2.13. The minimum atomic E-state index is -3.74. The molecule has 17 heavy (non-hydrogen) atoms. The van der Waals surface area contributed by atoms with Crippen LogP contribution in [0.5, 0.6) is 0 Å². The summed E-state index contributed by atoms with van der Waals surface area (Å²) < 4.78 is 25.9. The van der Waals surface area contributed by atoms with Crippen LogP contribution in [-0.4, -0.2) is 28.6 Å². The minimum absolute atomic E-state index is 0.00992. The SMILES string of the molecule is Cc1nnc(NS(=O)(=O)c2cnc(N)nc2)s1.